The summed E-state index contributed by atoms with van der Waals surface area (Å²) in [6.07, 6.45) is 7.38. The van der Waals surface area contributed by atoms with Gasteiger partial charge in [-0.15, -0.1) is 0 Å². The summed E-state index contributed by atoms with van der Waals surface area (Å²) in [6.45, 7) is 2.35. The largest absolute Gasteiger partial charge is 0.495 e. The molecule has 8 nitrogen and oxygen atoms in total. The molecule has 2 atom stereocenters. The maximum absolute atomic E-state index is 11.6. The van der Waals surface area contributed by atoms with Crippen LogP contribution in [0.3, 0.4) is 0 Å². The Hall–Kier alpha value is -3.29. The van der Waals surface area contributed by atoms with Gasteiger partial charge < -0.3 is 14.0 Å². The Balaban J connectivity index is 1.48. The van der Waals surface area contributed by atoms with Crippen LogP contribution in [0.25, 0.3) is 11.3 Å². The SMILES string of the molecule is COc1ccc([C@H]2C[C@@H]2COc2nc(C)ncc2-c2cn(C)c(=O)cn2)nc1. The molecule has 8 heteroatoms. The van der Waals surface area contributed by atoms with Gasteiger partial charge in [0.05, 0.1) is 37.4 Å². The molecule has 28 heavy (non-hydrogen) atoms. The van der Waals surface area contributed by atoms with E-state index in [-0.39, 0.29) is 5.56 Å². The van der Waals surface area contributed by atoms with Gasteiger partial charge in [-0.2, -0.15) is 4.98 Å². The summed E-state index contributed by atoms with van der Waals surface area (Å²) in [5.41, 5.74) is 2.14. The molecule has 3 aromatic heterocycles. The van der Waals surface area contributed by atoms with E-state index in [1.54, 1.807) is 32.7 Å². The quantitative estimate of drug-likeness (QED) is 0.648. The first-order chi connectivity index (χ1) is 13.5. The second-order valence-corrected chi connectivity index (χ2v) is 6.89. The van der Waals surface area contributed by atoms with Gasteiger partial charge in [-0.25, -0.2) is 9.97 Å². The zero-order valence-corrected chi connectivity index (χ0v) is 16.0. The Kier molecular flexibility index (Phi) is 4.77. The minimum Gasteiger partial charge on any atom is -0.495 e. The topological polar surface area (TPSA) is 92.0 Å². The number of pyridine rings is 1. The van der Waals surface area contributed by atoms with Crippen LogP contribution in [0, 0.1) is 12.8 Å². The molecule has 0 amide bonds. The van der Waals surface area contributed by atoms with E-state index < -0.39 is 0 Å². The molecule has 0 aliphatic heterocycles. The van der Waals surface area contributed by atoms with Crippen molar-refractivity contribution in [3.05, 3.63) is 58.8 Å². The van der Waals surface area contributed by atoms with Crippen molar-refractivity contribution in [3.63, 3.8) is 0 Å². The van der Waals surface area contributed by atoms with Crippen LogP contribution in [0.5, 0.6) is 11.6 Å². The Morgan fingerprint density at radius 3 is 2.75 bits per heavy atom. The van der Waals surface area contributed by atoms with Crippen LogP contribution in [0.2, 0.25) is 0 Å². The normalized spacial score (nSPS) is 18.0. The molecule has 0 aromatic carbocycles. The molecule has 3 aromatic rings. The van der Waals surface area contributed by atoms with Gasteiger partial charge in [-0.05, 0) is 25.5 Å². The number of rotatable bonds is 6. The van der Waals surface area contributed by atoms with Crippen LogP contribution >= 0.6 is 0 Å². The lowest BCUT2D eigenvalue weighted by molar-refractivity contribution is 0.285. The Labute approximate surface area is 162 Å². The second-order valence-electron chi connectivity index (χ2n) is 6.89. The zero-order valence-electron chi connectivity index (χ0n) is 16.0. The van der Waals surface area contributed by atoms with Crippen LogP contribution in [-0.4, -0.2) is 38.2 Å². The molecule has 0 unspecified atom stereocenters. The predicted octanol–water partition coefficient (Wildman–Crippen LogP) is 2.13. The van der Waals surface area contributed by atoms with E-state index >= 15 is 0 Å². The highest BCUT2D eigenvalue weighted by atomic mass is 16.5. The van der Waals surface area contributed by atoms with E-state index in [1.807, 2.05) is 19.1 Å². The van der Waals surface area contributed by atoms with Crippen LogP contribution in [0.15, 0.2) is 41.7 Å². The lowest BCUT2D eigenvalue weighted by Gasteiger charge is -2.11. The summed E-state index contributed by atoms with van der Waals surface area (Å²) in [7, 11) is 3.31. The lowest BCUT2D eigenvalue weighted by Crippen LogP contribution is -2.16. The highest BCUT2D eigenvalue weighted by Crippen LogP contribution is 2.47. The number of ether oxygens (including phenoxy) is 2. The van der Waals surface area contributed by atoms with E-state index in [2.05, 4.69) is 19.9 Å². The van der Waals surface area contributed by atoms with Gasteiger partial charge in [0.1, 0.15) is 11.6 Å². The van der Waals surface area contributed by atoms with Gasteiger partial charge in [-0.1, -0.05) is 0 Å². The number of hydrogen-bond donors (Lipinski definition) is 0. The molecular weight excluding hydrogens is 358 g/mol. The monoisotopic (exact) mass is 379 g/mol. The van der Waals surface area contributed by atoms with Gasteiger partial charge in [-0.3, -0.25) is 9.78 Å². The predicted molar refractivity (Wildman–Crippen MR) is 102 cm³/mol. The molecule has 0 radical (unpaired) electrons. The molecule has 144 valence electrons. The van der Waals surface area contributed by atoms with Gasteiger partial charge in [0.2, 0.25) is 5.88 Å². The summed E-state index contributed by atoms with van der Waals surface area (Å²) >= 11 is 0. The van der Waals surface area contributed by atoms with Gasteiger partial charge in [0.15, 0.2) is 0 Å². The van der Waals surface area contributed by atoms with E-state index in [0.717, 1.165) is 17.9 Å². The fraction of sp³-hybridized carbons (Fsp3) is 0.350. The zero-order chi connectivity index (χ0) is 19.7. The van der Waals surface area contributed by atoms with Crippen LogP contribution in [-0.2, 0) is 7.05 Å². The standard InChI is InChI=1S/C20H21N5O3/c1-12-21-8-16(18-10-25(2)19(26)9-23-18)20(24-12)28-11-13-6-15(13)17-5-4-14(27-3)7-22-17/h4-5,7-10,13,15H,6,11H2,1-3H3/t13-,15+/m1/s1. The molecule has 0 spiro atoms. The number of aryl methyl sites for hydroxylation is 2. The van der Waals surface area contributed by atoms with Crippen molar-refractivity contribution >= 4 is 0 Å². The van der Waals surface area contributed by atoms with Crippen LogP contribution in [0.4, 0.5) is 0 Å². The van der Waals surface area contributed by atoms with Crippen molar-refractivity contribution in [2.75, 3.05) is 13.7 Å². The van der Waals surface area contributed by atoms with Crippen molar-refractivity contribution in [1.82, 2.24) is 24.5 Å². The molecule has 0 saturated heterocycles. The molecule has 0 bridgehead atoms. The molecular formula is C20H21N5O3. The van der Waals surface area contributed by atoms with E-state index in [9.17, 15) is 4.79 Å². The Morgan fingerprint density at radius 2 is 2.04 bits per heavy atom. The molecule has 1 aliphatic carbocycles. The van der Waals surface area contributed by atoms with E-state index in [0.29, 0.717) is 41.4 Å². The Morgan fingerprint density at radius 1 is 1.18 bits per heavy atom. The maximum Gasteiger partial charge on any atom is 0.268 e. The third-order valence-electron chi connectivity index (χ3n) is 4.86. The average molecular weight is 379 g/mol. The van der Waals surface area contributed by atoms with E-state index in [4.69, 9.17) is 9.47 Å². The van der Waals surface area contributed by atoms with Crippen molar-refractivity contribution < 1.29 is 9.47 Å². The fourth-order valence-corrected chi connectivity index (χ4v) is 3.08. The first kappa shape index (κ1) is 18.1. The first-order valence-corrected chi connectivity index (χ1v) is 9.04. The van der Waals surface area contributed by atoms with Crippen molar-refractivity contribution in [2.45, 2.75) is 19.3 Å². The third kappa shape index (κ3) is 3.71. The van der Waals surface area contributed by atoms with Crippen molar-refractivity contribution in [2.24, 2.45) is 13.0 Å². The maximum atomic E-state index is 11.6. The molecule has 0 N–H and O–H groups in total. The highest BCUT2D eigenvalue weighted by molar-refractivity contribution is 5.62. The van der Waals surface area contributed by atoms with Gasteiger partial charge >= 0.3 is 0 Å². The van der Waals surface area contributed by atoms with Gasteiger partial charge in [0, 0.05) is 37.0 Å². The Bertz CT molecular complexity index is 1050. The third-order valence-corrected chi connectivity index (χ3v) is 4.86. The number of nitrogens with zero attached hydrogens (tertiary/aromatic N) is 5. The fourth-order valence-electron chi connectivity index (χ4n) is 3.08. The van der Waals surface area contributed by atoms with Crippen LogP contribution < -0.4 is 15.0 Å². The van der Waals surface area contributed by atoms with E-state index in [1.165, 1.54) is 10.8 Å². The number of hydrogen-bond acceptors (Lipinski definition) is 7. The minimum atomic E-state index is -0.174. The summed E-state index contributed by atoms with van der Waals surface area (Å²) in [5.74, 6) is 2.62. The first-order valence-electron chi connectivity index (χ1n) is 9.04. The smallest absolute Gasteiger partial charge is 0.268 e. The molecule has 3 heterocycles. The number of methoxy groups -OCH3 is 1. The molecule has 4 rings (SSSR count). The summed E-state index contributed by atoms with van der Waals surface area (Å²) in [6, 6.07) is 3.92. The summed E-state index contributed by atoms with van der Waals surface area (Å²) in [5, 5.41) is 0. The van der Waals surface area contributed by atoms with Crippen molar-refractivity contribution in [3.8, 4) is 22.9 Å². The number of aromatic nitrogens is 5. The average Bonchev–Trinajstić information content (AvgIpc) is 3.48. The minimum absolute atomic E-state index is 0.174. The summed E-state index contributed by atoms with van der Waals surface area (Å²) < 4.78 is 12.7. The second kappa shape index (κ2) is 7.38. The van der Waals surface area contributed by atoms with Crippen molar-refractivity contribution in [1.29, 1.82) is 0 Å². The summed E-state index contributed by atoms with van der Waals surface area (Å²) in [4.78, 5) is 29.0. The van der Waals surface area contributed by atoms with Crippen LogP contribution in [0.1, 0.15) is 23.9 Å². The molecule has 1 aliphatic rings. The van der Waals surface area contributed by atoms with Gasteiger partial charge in [0.25, 0.3) is 5.56 Å². The lowest BCUT2D eigenvalue weighted by atomic mass is 10.2. The highest BCUT2D eigenvalue weighted by Gasteiger charge is 2.40. The molecule has 1 saturated carbocycles. The molecule has 1 fully saturated rings.